The van der Waals surface area contributed by atoms with E-state index in [1.54, 1.807) is 19.2 Å². The third-order valence-corrected chi connectivity index (χ3v) is 6.62. The number of para-hydroxylation sites is 2. The molecule has 0 aliphatic carbocycles. The number of rotatable bonds is 6. The summed E-state index contributed by atoms with van der Waals surface area (Å²) >= 11 is 0. The van der Waals surface area contributed by atoms with Gasteiger partial charge in [0.05, 0.1) is 18.6 Å². The van der Waals surface area contributed by atoms with Gasteiger partial charge in [-0.1, -0.05) is 42.5 Å². The van der Waals surface area contributed by atoms with E-state index in [9.17, 15) is 13.2 Å². The van der Waals surface area contributed by atoms with Gasteiger partial charge in [-0.05, 0) is 30.5 Å². The molecule has 0 aromatic heterocycles. The van der Waals surface area contributed by atoms with Gasteiger partial charge in [-0.25, -0.2) is 12.7 Å². The number of ether oxygens (including phenoxy) is 1. The van der Waals surface area contributed by atoms with Crippen molar-refractivity contribution in [3.63, 3.8) is 0 Å². The first-order valence-corrected chi connectivity index (χ1v) is 10.6. The number of nitrogens with one attached hydrogen (secondary N) is 1. The van der Waals surface area contributed by atoms with Crippen LogP contribution in [0.1, 0.15) is 18.4 Å². The number of hydrogen-bond acceptors (Lipinski definition) is 4. The molecule has 27 heavy (non-hydrogen) atoms. The van der Waals surface area contributed by atoms with Crippen molar-refractivity contribution in [2.75, 3.05) is 25.5 Å². The van der Waals surface area contributed by atoms with E-state index in [0.717, 1.165) is 5.56 Å². The average Bonchev–Trinajstić information content (AvgIpc) is 2.69. The Balaban J connectivity index is 1.57. The van der Waals surface area contributed by atoms with Crippen LogP contribution in [0.15, 0.2) is 54.6 Å². The molecule has 1 saturated heterocycles. The summed E-state index contributed by atoms with van der Waals surface area (Å²) in [6, 6.07) is 16.4. The van der Waals surface area contributed by atoms with Crippen LogP contribution in [-0.2, 0) is 20.6 Å². The Kier molecular flexibility index (Phi) is 6.13. The lowest BCUT2D eigenvalue weighted by molar-refractivity contribution is -0.120. The van der Waals surface area contributed by atoms with E-state index in [0.29, 0.717) is 37.4 Å². The molecule has 3 rings (SSSR count). The maximum absolute atomic E-state index is 12.6. The maximum Gasteiger partial charge on any atom is 0.227 e. The molecule has 0 saturated carbocycles. The molecule has 7 heteroatoms. The number of sulfonamides is 1. The molecule has 1 aliphatic rings. The summed E-state index contributed by atoms with van der Waals surface area (Å²) in [7, 11) is -1.82. The zero-order valence-electron chi connectivity index (χ0n) is 15.3. The van der Waals surface area contributed by atoms with Crippen LogP contribution < -0.4 is 10.1 Å². The highest BCUT2D eigenvalue weighted by Gasteiger charge is 2.31. The van der Waals surface area contributed by atoms with E-state index in [2.05, 4.69) is 5.32 Å². The second kappa shape index (κ2) is 8.54. The van der Waals surface area contributed by atoms with Crippen LogP contribution in [0.4, 0.5) is 5.69 Å². The molecule has 2 aromatic rings. The highest BCUT2D eigenvalue weighted by Crippen LogP contribution is 2.26. The minimum atomic E-state index is -3.37. The molecule has 1 fully saturated rings. The SMILES string of the molecule is COc1ccccc1NC(=O)C1CCN(S(=O)(=O)Cc2ccccc2)CC1. The quantitative estimate of drug-likeness (QED) is 0.826. The van der Waals surface area contributed by atoms with E-state index < -0.39 is 10.0 Å². The number of benzene rings is 2. The van der Waals surface area contributed by atoms with Crippen LogP contribution in [-0.4, -0.2) is 38.8 Å². The van der Waals surface area contributed by atoms with Crippen molar-refractivity contribution in [2.45, 2.75) is 18.6 Å². The molecule has 144 valence electrons. The molecule has 0 spiro atoms. The molecule has 0 radical (unpaired) electrons. The molecule has 0 atom stereocenters. The standard InChI is InChI=1S/C20H24N2O4S/c1-26-19-10-6-5-9-18(19)21-20(23)17-11-13-22(14-12-17)27(24,25)15-16-7-3-2-4-8-16/h2-10,17H,11-15H2,1H3,(H,21,23). The van der Waals surface area contributed by atoms with Crippen molar-refractivity contribution in [2.24, 2.45) is 5.92 Å². The number of hydrogen-bond donors (Lipinski definition) is 1. The molecular formula is C20H24N2O4S. The Labute approximate surface area is 160 Å². The number of amides is 1. The lowest BCUT2D eigenvalue weighted by atomic mass is 9.97. The summed E-state index contributed by atoms with van der Waals surface area (Å²) in [6.45, 7) is 0.721. The lowest BCUT2D eigenvalue weighted by Gasteiger charge is -2.30. The van der Waals surface area contributed by atoms with Gasteiger partial charge in [0.2, 0.25) is 15.9 Å². The Morgan fingerprint density at radius 2 is 1.70 bits per heavy atom. The normalized spacial score (nSPS) is 16.0. The Morgan fingerprint density at radius 1 is 1.07 bits per heavy atom. The molecule has 1 N–H and O–H groups in total. The molecule has 2 aromatic carbocycles. The van der Waals surface area contributed by atoms with Crippen LogP contribution >= 0.6 is 0 Å². The fourth-order valence-corrected chi connectivity index (χ4v) is 4.82. The number of nitrogens with zero attached hydrogens (tertiary/aromatic N) is 1. The van der Waals surface area contributed by atoms with E-state index in [1.807, 2.05) is 42.5 Å². The number of carbonyl (C=O) groups is 1. The van der Waals surface area contributed by atoms with Gasteiger partial charge < -0.3 is 10.1 Å². The molecule has 0 bridgehead atoms. The van der Waals surface area contributed by atoms with Crippen molar-refractivity contribution >= 4 is 21.6 Å². The smallest absolute Gasteiger partial charge is 0.227 e. The second-order valence-corrected chi connectivity index (χ2v) is 8.57. The summed E-state index contributed by atoms with van der Waals surface area (Å²) in [6.07, 6.45) is 1.02. The molecule has 0 unspecified atom stereocenters. The van der Waals surface area contributed by atoms with Gasteiger partial charge in [0.1, 0.15) is 5.75 Å². The van der Waals surface area contributed by atoms with Gasteiger partial charge in [-0.2, -0.15) is 0 Å². The van der Waals surface area contributed by atoms with Crippen molar-refractivity contribution in [1.82, 2.24) is 4.31 Å². The predicted molar refractivity (Wildman–Crippen MR) is 105 cm³/mol. The average molecular weight is 388 g/mol. The number of carbonyl (C=O) groups excluding carboxylic acids is 1. The van der Waals surface area contributed by atoms with E-state index in [-0.39, 0.29) is 17.6 Å². The summed E-state index contributed by atoms with van der Waals surface area (Å²) in [5.74, 6) is 0.290. The summed E-state index contributed by atoms with van der Waals surface area (Å²) in [4.78, 5) is 12.5. The fraction of sp³-hybridized carbons (Fsp3) is 0.350. The van der Waals surface area contributed by atoms with Crippen LogP contribution in [0.2, 0.25) is 0 Å². The minimum absolute atomic E-state index is 0.00802. The number of methoxy groups -OCH3 is 1. The van der Waals surface area contributed by atoms with Crippen molar-refractivity contribution in [1.29, 1.82) is 0 Å². The molecular weight excluding hydrogens is 364 g/mol. The van der Waals surface area contributed by atoms with Crippen molar-refractivity contribution < 1.29 is 17.9 Å². The van der Waals surface area contributed by atoms with Gasteiger partial charge in [0.25, 0.3) is 0 Å². The highest BCUT2D eigenvalue weighted by atomic mass is 32.2. The molecule has 6 nitrogen and oxygen atoms in total. The highest BCUT2D eigenvalue weighted by molar-refractivity contribution is 7.88. The lowest BCUT2D eigenvalue weighted by Crippen LogP contribution is -2.41. The predicted octanol–water partition coefficient (Wildman–Crippen LogP) is 2.88. The minimum Gasteiger partial charge on any atom is -0.495 e. The number of anilines is 1. The van der Waals surface area contributed by atoms with E-state index in [4.69, 9.17) is 4.74 Å². The Hall–Kier alpha value is -2.38. The largest absolute Gasteiger partial charge is 0.495 e. The first-order chi connectivity index (χ1) is 13.0. The Bertz CT molecular complexity index is 876. The van der Waals surface area contributed by atoms with Crippen LogP contribution in [0.5, 0.6) is 5.75 Å². The van der Waals surface area contributed by atoms with Gasteiger partial charge in [0.15, 0.2) is 0 Å². The number of piperidine rings is 1. The monoisotopic (exact) mass is 388 g/mol. The molecule has 1 amide bonds. The summed E-state index contributed by atoms with van der Waals surface area (Å²) < 4.78 is 32.0. The van der Waals surface area contributed by atoms with Crippen molar-refractivity contribution in [3.05, 3.63) is 60.2 Å². The van der Waals surface area contributed by atoms with Crippen molar-refractivity contribution in [3.8, 4) is 5.75 Å². The van der Waals surface area contributed by atoms with E-state index >= 15 is 0 Å². The topological polar surface area (TPSA) is 75.7 Å². The summed E-state index contributed by atoms with van der Waals surface area (Å²) in [5, 5.41) is 2.89. The summed E-state index contributed by atoms with van der Waals surface area (Å²) in [5.41, 5.74) is 1.40. The second-order valence-electron chi connectivity index (χ2n) is 6.60. The van der Waals surface area contributed by atoms with E-state index in [1.165, 1.54) is 4.31 Å². The zero-order chi connectivity index (χ0) is 19.3. The van der Waals surface area contributed by atoms with Crippen LogP contribution in [0.25, 0.3) is 0 Å². The molecule has 1 aliphatic heterocycles. The van der Waals surface area contributed by atoms with Crippen LogP contribution in [0.3, 0.4) is 0 Å². The van der Waals surface area contributed by atoms with Gasteiger partial charge >= 0.3 is 0 Å². The first-order valence-electron chi connectivity index (χ1n) is 8.95. The fourth-order valence-electron chi connectivity index (χ4n) is 3.25. The first kappa shape index (κ1) is 19.4. The zero-order valence-corrected chi connectivity index (χ0v) is 16.1. The van der Waals surface area contributed by atoms with Gasteiger partial charge in [-0.3, -0.25) is 4.79 Å². The van der Waals surface area contributed by atoms with Gasteiger partial charge in [-0.15, -0.1) is 0 Å². The maximum atomic E-state index is 12.6. The Morgan fingerprint density at radius 3 is 2.37 bits per heavy atom. The molecule has 1 heterocycles. The van der Waals surface area contributed by atoms with Crippen LogP contribution in [0, 0.1) is 5.92 Å². The van der Waals surface area contributed by atoms with Gasteiger partial charge in [0, 0.05) is 19.0 Å². The third-order valence-electron chi connectivity index (χ3n) is 4.77. The third kappa shape index (κ3) is 4.87.